The summed E-state index contributed by atoms with van der Waals surface area (Å²) in [6, 6.07) is 0. The van der Waals surface area contributed by atoms with Crippen molar-refractivity contribution >= 4 is 30.1 Å². The minimum atomic E-state index is -0.716. The van der Waals surface area contributed by atoms with Crippen molar-refractivity contribution in [1.82, 2.24) is 15.8 Å². The van der Waals surface area contributed by atoms with E-state index >= 15 is 0 Å². The maximum absolute atomic E-state index is 11.1. The van der Waals surface area contributed by atoms with E-state index in [-0.39, 0.29) is 5.16 Å². The molecule has 1 rings (SSSR count). The van der Waals surface area contributed by atoms with Crippen LogP contribution in [-0.4, -0.2) is 43.9 Å². The molecule has 0 radical (unpaired) electrons. The number of amides is 2. The lowest BCUT2D eigenvalue weighted by molar-refractivity contribution is 0.128. The fourth-order valence-corrected chi connectivity index (χ4v) is 1.15. The molecule has 1 aliphatic heterocycles. The molecule has 0 aromatic rings. The first-order valence-electron chi connectivity index (χ1n) is 4.45. The lowest BCUT2D eigenvalue weighted by atomic mass is 10.4. The molecule has 0 fully saturated rings. The number of hydrogen-bond donors (Lipinski definition) is 2. The zero-order chi connectivity index (χ0) is 12.8. The zero-order valence-corrected chi connectivity index (χ0v) is 9.89. The number of nitrogens with one attached hydrogen (secondary N) is 2. The summed E-state index contributed by atoms with van der Waals surface area (Å²) in [5.74, 6) is 0. The van der Waals surface area contributed by atoms with Crippen LogP contribution in [0.2, 0.25) is 0 Å². The number of ether oxygens (including phenoxy) is 2. The number of methoxy groups -OCH3 is 2. The lowest BCUT2D eigenvalue weighted by Crippen LogP contribution is -2.55. The third-order valence-corrected chi connectivity index (χ3v) is 1.98. The molecule has 0 aliphatic carbocycles. The van der Waals surface area contributed by atoms with Crippen molar-refractivity contribution in [2.24, 2.45) is 4.99 Å². The van der Waals surface area contributed by atoms with E-state index in [0.717, 1.165) is 0 Å². The van der Waals surface area contributed by atoms with Gasteiger partial charge in [0, 0.05) is 0 Å². The van der Waals surface area contributed by atoms with Gasteiger partial charge in [-0.15, -0.1) is 0 Å². The Balaban J connectivity index is 2.70. The summed E-state index contributed by atoms with van der Waals surface area (Å²) in [7, 11) is 2.43. The molecule has 1 atom stereocenters. The number of halogens is 1. The highest BCUT2D eigenvalue weighted by Gasteiger charge is 2.22. The maximum atomic E-state index is 11.1. The van der Waals surface area contributed by atoms with Gasteiger partial charge in [-0.1, -0.05) is 11.6 Å². The van der Waals surface area contributed by atoms with Crippen LogP contribution in [0.3, 0.4) is 0 Å². The monoisotopic (exact) mass is 262 g/mol. The van der Waals surface area contributed by atoms with Gasteiger partial charge >= 0.3 is 12.2 Å². The Kier molecular flexibility index (Phi) is 4.58. The summed E-state index contributed by atoms with van der Waals surface area (Å²) in [4.78, 5) is 25.8. The topological polar surface area (TPSA) is 92.3 Å². The van der Waals surface area contributed by atoms with Gasteiger partial charge < -0.3 is 9.47 Å². The zero-order valence-electron chi connectivity index (χ0n) is 9.14. The Hall–Kier alpha value is -1.96. The highest BCUT2D eigenvalue weighted by molar-refractivity contribution is 6.29. The van der Waals surface area contributed by atoms with E-state index in [2.05, 4.69) is 25.2 Å². The van der Waals surface area contributed by atoms with E-state index < -0.39 is 18.4 Å². The lowest BCUT2D eigenvalue weighted by Gasteiger charge is -2.29. The van der Waals surface area contributed by atoms with Crippen molar-refractivity contribution in [2.45, 2.75) is 6.17 Å². The minimum Gasteiger partial charge on any atom is -0.453 e. The van der Waals surface area contributed by atoms with Gasteiger partial charge in [-0.2, -0.15) is 0 Å². The van der Waals surface area contributed by atoms with Crippen LogP contribution in [0.25, 0.3) is 0 Å². The SMILES string of the molecule is COC(=O)NC1C=C(Cl)N=CN1NC(=O)OC. The van der Waals surface area contributed by atoms with Crippen LogP contribution in [-0.2, 0) is 9.47 Å². The van der Waals surface area contributed by atoms with E-state index in [1.54, 1.807) is 0 Å². The third kappa shape index (κ3) is 3.83. The molecule has 0 saturated carbocycles. The standard InChI is InChI=1S/C8H11ClN4O4/c1-16-7(14)11-6-3-5(9)10-4-13(6)12-8(15)17-2/h3-4,6H,1-2H3,(H,11,14)(H,12,15). The van der Waals surface area contributed by atoms with Crippen molar-refractivity contribution in [3.8, 4) is 0 Å². The number of carbonyl (C=O) groups is 2. The fourth-order valence-electron chi connectivity index (χ4n) is 0.983. The number of alkyl carbamates (subject to hydrolysis) is 1. The van der Waals surface area contributed by atoms with Crippen molar-refractivity contribution < 1.29 is 19.1 Å². The van der Waals surface area contributed by atoms with Gasteiger partial charge in [0.25, 0.3) is 0 Å². The Bertz CT molecular complexity index is 371. The van der Waals surface area contributed by atoms with E-state index in [4.69, 9.17) is 11.6 Å². The Morgan fingerprint density at radius 2 is 2.06 bits per heavy atom. The first-order valence-corrected chi connectivity index (χ1v) is 4.83. The molecule has 17 heavy (non-hydrogen) atoms. The molecule has 2 amide bonds. The molecule has 8 nitrogen and oxygen atoms in total. The van der Waals surface area contributed by atoms with E-state index in [1.165, 1.54) is 31.6 Å². The van der Waals surface area contributed by atoms with Crippen LogP contribution in [0, 0.1) is 0 Å². The number of aliphatic imine (C=N–C) groups is 1. The summed E-state index contributed by atoms with van der Waals surface area (Å²) in [5, 5.41) is 3.80. The number of rotatable bonds is 2. The molecule has 0 bridgehead atoms. The van der Waals surface area contributed by atoms with Crippen LogP contribution < -0.4 is 10.7 Å². The molecule has 0 spiro atoms. The largest absolute Gasteiger partial charge is 0.453 e. The number of hydrazine groups is 1. The predicted octanol–water partition coefficient (Wildman–Crippen LogP) is 0.364. The first-order chi connectivity index (χ1) is 8.06. The molecule has 1 unspecified atom stereocenters. The van der Waals surface area contributed by atoms with Crippen molar-refractivity contribution in [3.05, 3.63) is 11.2 Å². The number of carbonyl (C=O) groups excluding carboxylic acids is 2. The molecule has 2 N–H and O–H groups in total. The van der Waals surface area contributed by atoms with Crippen molar-refractivity contribution in [3.63, 3.8) is 0 Å². The Morgan fingerprint density at radius 3 is 2.65 bits per heavy atom. The third-order valence-electron chi connectivity index (χ3n) is 1.76. The molecule has 1 heterocycles. The van der Waals surface area contributed by atoms with Gasteiger partial charge in [0.05, 0.1) is 14.2 Å². The van der Waals surface area contributed by atoms with Crippen molar-refractivity contribution in [2.75, 3.05) is 14.2 Å². The highest BCUT2D eigenvalue weighted by Crippen LogP contribution is 2.10. The van der Waals surface area contributed by atoms with Crippen LogP contribution >= 0.6 is 11.6 Å². The van der Waals surface area contributed by atoms with Crippen LogP contribution in [0.15, 0.2) is 16.2 Å². The average Bonchev–Trinajstić information content (AvgIpc) is 2.32. The van der Waals surface area contributed by atoms with Gasteiger partial charge in [-0.25, -0.2) is 25.0 Å². The molecule has 1 aliphatic rings. The Morgan fingerprint density at radius 1 is 1.41 bits per heavy atom. The van der Waals surface area contributed by atoms with E-state index in [1.807, 2.05) is 0 Å². The second-order valence-electron chi connectivity index (χ2n) is 2.83. The molecular weight excluding hydrogens is 252 g/mol. The Labute approximate surface area is 102 Å². The summed E-state index contributed by atoms with van der Waals surface area (Å²) in [5.41, 5.74) is 2.32. The van der Waals surface area contributed by atoms with Gasteiger partial charge in [0.15, 0.2) is 0 Å². The molecule has 0 aromatic carbocycles. The normalized spacial score (nSPS) is 18.2. The molecule has 0 saturated heterocycles. The summed E-state index contributed by atoms with van der Waals surface area (Å²) in [6.07, 6.45) is 0.544. The fraction of sp³-hybridized carbons (Fsp3) is 0.375. The van der Waals surface area contributed by atoms with Gasteiger partial charge in [0.2, 0.25) is 0 Å². The summed E-state index contributed by atoms with van der Waals surface area (Å²) in [6.45, 7) is 0. The molecular formula is C8H11ClN4O4. The minimum absolute atomic E-state index is 0.175. The van der Waals surface area contributed by atoms with Gasteiger partial charge in [0.1, 0.15) is 17.7 Å². The van der Waals surface area contributed by atoms with Crippen molar-refractivity contribution in [1.29, 1.82) is 0 Å². The first kappa shape index (κ1) is 13.1. The smallest absolute Gasteiger partial charge is 0.425 e. The number of hydrogen-bond acceptors (Lipinski definition) is 6. The quantitative estimate of drug-likeness (QED) is 0.701. The van der Waals surface area contributed by atoms with E-state index in [0.29, 0.717) is 0 Å². The highest BCUT2D eigenvalue weighted by atomic mass is 35.5. The molecule has 0 aromatic heterocycles. The van der Waals surface area contributed by atoms with Gasteiger partial charge in [-0.3, -0.25) is 5.32 Å². The van der Waals surface area contributed by atoms with Crippen LogP contribution in [0.1, 0.15) is 0 Å². The second kappa shape index (κ2) is 5.94. The molecule has 9 heteroatoms. The maximum Gasteiger partial charge on any atom is 0.425 e. The predicted molar refractivity (Wildman–Crippen MR) is 59.1 cm³/mol. The van der Waals surface area contributed by atoms with Gasteiger partial charge in [-0.05, 0) is 6.08 Å². The summed E-state index contributed by atoms with van der Waals surface area (Å²) < 4.78 is 8.84. The second-order valence-corrected chi connectivity index (χ2v) is 3.21. The summed E-state index contributed by atoms with van der Waals surface area (Å²) >= 11 is 5.67. The molecule has 94 valence electrons. The van der Waals surface area contributed by atoms with Crippen LogP contribution in [0.5, 0.6) is 0 Å². The van der Waals surface area contributed by atoms with Crippen LogP contribution in [0.4, 0.5) is 9.59 Å². The average molecular weight is 263 g/mol. The van der Waals surface area contributed by atoms with E-state index in [9.17, 15) is 9.59 Å². The number of nitrogens with zero attached hydrogens (tertiary/aromatic N) is 2.